The van der Waals surface area contributed by atoms with Crippen LogP contribution in [0.2, 0.25) is 30.1 Å². The average molecular weight is 1760 g/mol. The molecular formula is C86H68BrCl6N9O15. The number of nitrogens with one attached hydrogen (secondary N) is 1. The number of carboxylic acid groups (broad SMARTS) is 1. The van der Waals surface area contributed by atoms with Crippen LogP contribution in [0.4, 0.5) is 28.7 Å². The highest BCUT2D eigenvalue weighted by atomic mass is 79.9. The van der Waals surface area contributed by atoms with Gasteiger partial charge in [0.05, 0.1) is 89.1 Å². The van der Waals surface area contributed by atoms with Crippen LogP contribution >= 0.6 is 85.5 Å². The van der Waals surface area contributed by atoms with Crippen LogP contribution in [0.1, 0.15) is 157 Å². The number of esters is 2. The van der Waals surface area contributed by atoms with Crippen LogP contribution in [0, 0.1) is 0 Å². The fraction of sp³-hybridized carbons (Fsp3) is 0.233. The number of rotatable bonds is 20. The van der Waals surface area contributed by atoms with Crippen molar-refractivity contribution in [2.75, 3.05) is 29.3 Å². The average Bonchev–Trinajstić information content (AvgIpc) is 1.14. The highest BCUT2D eigenvalue weighted by Crippen LogP contribution is 2.50. The summed E-state index contributed by atoms with van der Waals surface area (Å²) in [5.74, 6) is 4.18. The smallest absolute Gasteiger partial charge is 0.339 e. The van der Waals surface area contributed by atoms with E-state index in [2.05, 4.69) is 56.4 Å². The molecule has 117 heavy (non-hydrogen) atoms. The van der Waals surface area contributed by atoms with Gasteiger partial charge in [-0.05, 0) is 218 Å². The largest absolute Gasteiger partial charge is 0.489 e. The molecule has 6 aromatic heterocycles. The topological polar surface area (TPSA) is 304 Å². The number of carbonyl (C=O) groups is 6. The Bertz CT molecular complexity index is 5760. The number of hydrogen-bond donors (Lipinski definition) is 2. The molecule has 12 aromatic rings. The number of hydrogen-bond acceptors (Lipinski definition) is 20. The lowest BCUT2D eigenvalue weighted by Gasteiger charge is -2.29. The summed E-state index contributed by atoms with van der Waals surface area (Å²) in [5.41, 5.74) is 12.3. The van der Waals surface area contributed by atoms with Gasteiger partial charge in [0.25, 0.3) is 0 Å². The van der Waals surface area contributed by atoms with Crippen LogP contribution in [0.3, 0.4) is 0 Å². The summed E-state index contributed by atoms with van der Waals surface area (Å²) in [6.07, 6.45) is 13.3. The SMILES string of the molecule is COC(=O)c1ccc(Br)nc1.COC(=O)c1ccc(N2C(=O)CCc3cc(OCc4c(-c5c(Cl)cccc5Cl)noc4C4CC4)ccc32)nc1.O=C(O)c1ccc(N2C(=O)CCc3cc(OCc4c(-c5c(Cl)cccc5Cl)noc4C4CC4)ccc32)nc1.O=C1CCc2cc(OCc3c(-c4c(Cl)cccc4Cl)noc3C3CC3)ccc2N1. The zero-order valence-corrected chi connectivity index (χ0v) is 68.4. The number of halogens is 7. The number of fused-ring (bicyclic) bond motifs is 3. The molecule has 596 valence electrons. The van der Waals surface area contributed by atoms with Gasteiger partial charge >= 0.3 is 17.9 Å². The van der Waals surface area contributed by atoms with Crippen LogP contribution in [-0.2, 0) is 62.9 Å². The monoisotopic (exact) mass is 1760 g/mol. The van der Waals surface area contributed by atoms with Gasteiger partial charge in [-0.25, -0.2) is 29.3 Å². The molecule has 6 aliphatic rings. The van der Waals surface area contributed by atoms with Crippen molar-refractivity contribution in [3.63, 3.8) is 0 Å². The Morgan fingerprint density at radius 1 is 0.453 bits per heavy atom. The molecule has 3 aliphatic carbocycles. The maximum absolute atomic E-state index is 12.9. The van der Waals surface area contributed by atoms with Crippen molar-refractivity contribution in [1.82, 2.24) is 30.4 Å². The van der Waals surface area contributed by atoms with Gasteiger partial charge in [0, 0.05) is 78.0 Å². The maximum atomic E-state index is 12.9. The summed E-state index contributed by atoms with van der Waals surface area (Å²) >= 11 is 41.9. The van der Waals surface area contributed by atoms with Crippen LogP contribution in [0.15, 0.2) is 182 Å². The van der Waals surface area contributed by atoms with Crippen molar-refractivity contribution in [2.45, 2.75) is 115 Å². The minimum atomic E-state index is -1.08. The normalized spacial score (nSPS) is 14.5. The zero-order valence-electron chi connectivity index (χ0n) is 62.3. The lowest BCUT2D eigenvalue weighted by atomic mass is 10.0. The summed E-state index contributed by atoms with van der Waals surface area (Å²) in [4.78, 5) is 86.4. The third kappa shape index (κ3) is 18.3. The Hall–Kier alpha value is -11.2. The number of anilines is 5. The second-order valence-electron chi connectivity index (χ2n) is 28.0. The number of aryl methyl sites for hydroxylation is 3. The number of aromatic carboxylic acids is 1. The third-order valence-electron chi connectivity index (χ3n) is 20.1. The first kappa shape index (κ1) is 81.0. The second kappa shape index (κ2) is 35.7. The molecule has 2 N–H and O–H groups in total. The molecule has 24 nitrogen and oxygen atoms in total. The van der Waals surface area contributed by atoms with Gasteiger partial charge in [0.15, 0.2) is 0 Å². The van der Waals surface area contributed by atoms with Gasteiger partial charge in [-0.3, -0.25) is 24.2 Å². The molecule has 0 unspecified atom stereocenters. The first-order valence-corrected chi connectivity index (χ1v) is 40.2. The number of methoxy groups -OCH3 is 2. The number of ether oxygens (including phenoxy) is 5. The Labute approximate surface area is 707 Å². The quantitative estimate of drug-likeness (QED) is 0.0529. The van der Waals surface area contributed by atoms with Crippen LogP contribution < -0.4 is 29.3 Å². The lowest BCUT2D eigenvalue weighted by molar-refractivity contribution is -0.119. The predicted octanol–water partition coefficient (Wildman–Crippen LogP) is 21.3. The summed E-state index contributed by atoms with van der Waals surface area (Å²) in [6.45, 7) is 0.743. The molecule has 0 bridgehead atoms. The van der Waals surface area contributed by atoms with Crippen molar-refractivity contribution < 1.29 is 71.1 Å². The van der Waals surface area contributed by atoms with E-state index in [9.17, 15) is 28.8 Å². The third-order valence-corrected chi connectivity index (χ3v) is 22.4. The van der Waals surface area contributed by atoms with E-state index in [0.29, 0.717) is 171 Å². The zero-order chi connectivity index (χ0) is 81.7. The van der Waals surface area contributed by atoms with E-state index in [1.807, 2.05) is 48.5 Å². The van der Waals surface area contributed by atoms with E-state index < -0.39 is 11.9 Å². The second-order valence-corrected chi connectivity index (χ2v) is 31.2. The number of carbonyl (C=O) groups excluding carboxylic acids is 5. The fourth-order valence-corrected chi connectivity index (χ4v) is 15.7. The molecule has 31 heteroatoms. The highest BCUT2D eigenvalue weighted by Gasteiger charge is 2.38. The van der Waals surface area contributed by atoms with E-state index in [1.54, 1.807) is 89.8 Å². The summed E-state index contributed by atoms with van der Waals surface area (Å²) in [7, 11) is 2.65. The molecule has 6 aromatic carbocycles. The Balaban J connectivity index is 0.000000130. The number of benzene rings is 6. The summed E-state index contributed by atoms with van der Waals surface area (Å²) < 4.78 is 45.6. The Kier molecular flexibility index (Phi) is 24.7. The highest BCUT2D eigenvalue weighted by molar-refractivity contribution is 9.10. The van der Waals surface area contributed by atoms with Crippen molar-refractivity contribution in [2.24, 2.45) is 0 Å². The molecule has 0 spiro atoms. The van der Waals surface area contributed by atoms with Crippen LogP contribution in [-0.4, -0.2) is 85.4 Å². The van der Waals surface area contributed by atoms with E-state index >= 15 is 0 Å². The number of pyridine rings is 3. The van der Waals surface area contributed by atoms with Crippen LogP contribution in [0.5, 0.6) is 17.2 Å². The molecule has 9 heterocycles. The minimum absolute atomic E-state index is 0.0472. The van der Waals surface area contributed by atoms with Gasteiger partial charge in [-0.1, -0.05) is 103 Å². The van der Waals surface area contributed by atoms with E-state index in [1.165, 1.54) is 49.8 Å². The molecular weight excluding hydrogens is 1690 g/mol. The van der Waals surface area contributed by atoms with Crippen molar-refractivity contribution in [1.29, 1.82) is 0 Å². The van der Waals surface area contributed by atoms with Gasteiger partial charge in [-0.2, -0.15) is 0 Å². The van der Waals surface area contributed by atoms with Gasteiger partial charge in [-0.15, -0.1) is 0 Å². The van der Waals surface area contributed by atoms with Crippen molar-refractivity contribution in [3.8, 4) is 51.0 Å². The molecule has 3 aliphatic heterocycles. The van der Waals surface area contributed by atoms with Crippen molar-refractivity contribution >= 4 is 150 Å². The van der Waals surface area contributed by atoms with Crippen LogP contribution in [0.25, 0.3) is 33.8 Å². The minimum Gasteiger partial charge on any atom is -0.489 e. The van der Waals surface area contributed by atoms with Crippen molar-refractivity contribution in [3.05, 3.63) is 266 Å². The molecule has 3 amide bonds. The number of nitrogens with zero attached hydrogens (tertiary/aromatic N) is 8. The Morgan fingerprint density at radius 3 is 1.16 bits per heavy atom. The van der Waals surface area contributed by atoms with Gasteiger partial charge < -0.3 is 47.7 Å². The maximum Gasteiger partial charge on any atom is 0.339 e. The van der Waals surface area contributed by atoms with E-state index in [0.717, 1.165) is 106 Å². The first-order chi connectivity index (χ1) is 56.7. The van der Waals surface area contributed by atoms with Gasteiger partial charge in [0.2, 0.25) is 17.7 Å². The summed E-state index contributed by atoms with van der Waals surface area (Å²) in [5, 5.41) is 28.0. The number of carboxylic acids is 1. The Morgan fingerprint density at radius 2 is 0.812 bits per heavy atom. The summed E-state index contributed by atoms with van der Waals surface area (Å²) in [6, 6.07) is 42.4. The standard InChI is InChI=1S/C29H23Cl2N3O5.C28H21Cl2N3O5.C22H18Cl2N2O3.C7H6BrNO2/c1-37-29(36)18-7-11-24(32-14-18)34-23-10-9-19(13-17(23)8-12-25(34)35)38-15-20-27(33-39-28(20)16-5-6-16)26-21(30)3-2-4-22(26)31;29-20-2-1-3-21(30)25(20)26-19(27(38-32-26)15-4-5-15)14-37-18-8-9-22-16(12-18)7-11-24(34)33(22)23-10-6-17(13-31-23)28(35)36;23-16-2-1-3-17(24)20(16)21-15(22(29-26-21)12-4-5-12)11-28-14-7-8-18-13(10-14)6-9-19(27)25-18;1-11-7(10)5-2-3-6(8)9-4-5/h2-4,7,9-11,13-14,16H,5-6,8,12,15H2,1H3;1-3,6,8-10,12-13,15H,4-5,7,11,14H2,(H,35,36);1-3,7-8,10,12H,4-6,9,11H2,(H,25,27);2-4H,1H3. The predicted molar refractivity (Wildman–Crippen MR) is 442 cm³/mol. The fourth-order valence-electron chi connectivity index (χ4n) is 13.7. The van der Waals surface area contributed by atoms with Gasteiger partial charge in [0.1, 0.15) is 87.7 Å². The van der Waals surface area contributed by atoms with E-state index in [4.69, 9.17) is 107 Å². The molecule has 0 radical (unpaired) electrons. The molecule has 0 atom stereocenters. The first-order valence-electron chi connectivity index (χ1n) is 37.1. The lowest BCUT2D eigenvalue weighted by Crippen LogP contribution is -2.31. The molecule has 3 saturated carbocycles. The molecule has 0 saturated heterocycles. The number of amides is 3. The molecule has 18 rings (SSSR count). The van der Waals surface area contributed by atoms with E-state index in [-0.39, 0.29) is 42.5 Å². The number of aromatic nitrogens is 6. The molecule has 3 fully saturated rings.